The molecular weight excluding hydrogens is 366 g/mol. The average Bonchev–Trinajstić information content (AvgIpc) is 3.11. The molecule has 1 aliphatic heterocycles. The zero-order valence-electron chi connectivity index (χ0n) is 15.8. The van der Waals surface area contributed by atoms with Crippen molar-refractivity contribution in [2.24, 2.45) is 0 Å². The van der Waals surface area contributed by atoms with Crippen LogP contribution in [0.2, 0.25) is 0 Å². The number of carbonyl (C=O) groups is 2. The first-order valence-corrected chi connectivity index (χ1v) is 9.48. The lowest BCUT2D eigenvalue weighted by Gasteiger charge is -2.28. The molecule has 3 aromatic carbocycles. The Kier molecular flexibility index (Phi) is 5.29. The molecule has 0 saturated carbocycles. The van der Waals surface area contributed by atoms with Crippen molar-refractivity contribution >= 4 is 12.1 Å². The van der Waals surface area contributed by atoms with E-state index >= 15 is 0 Å². The van der Waals surface area contributed by atoms with Crippen LogP contribution in [0, 0.1) is 0 Å². The average molecular weight is 387 g/mol. The van der Waals surface area contributed by atoms with Gasteiger partial charge in [0.05, 0.1) is 0 Å². The van der Waals surface area contributed by atoms with E-state index in [-0.39, 0.29) is 6.61 Å². The van der Waals surface area contributed by atoms with Crippen LogP contribution < -0.4 is 5.32 Å². The Morgan fingerprint density at radius 3 is 1.97 bits per heavy atom. The van der Waals surface area contributed by atoms with E-state index in [1.807, 2.05) is 91.0 Å². The first-order chi connectivity index (χ1) is 14.2. The van der Waals surface area contributed by atoms with Gasteiger partial charge in [-0.1, -0.05) is 91.0 Å². The maximum absolute atomic E-state index is 12.7. The van der Waals surface area contributed by atoms with E-state index in [1.54, 1.807) is 0 Å². The van der Waals surface area contributed by atoms with Crippen molar-refractivity contribution in [2.45, 2.75) is 24.7 Å². The second kappa shape index (κ2) is 8.19. The summed E-state index contributed by atoms with van der Waals surface area (Å²) >= 11 is 0. The molecule has 1 N–H and O–H groups in total. The largest absolute Gasteiger partial charge is 0.448 e. The van der Waals surface area contributed by atoms with Gasteiger partial charge in [-0.15, -0.1) is 0 Å². The highest BCUT2D eigenvalue weighted by Crippen LogP contribution is 2.42. The van der Waals surface area contributed by atoms with Gasteiger partial charge in [0.2, 0.25) is 0 Å². The van der Waals surface area contributed by atoms with Crippen LogP contribution in [0.25, 0.3) is 0 Å². The van der Waals surface area contributed by atoms with E-state index in [0.29, 0.717) is 6.42 Å². The molecule has 5 nitrogen and oxygen atoms in total. The number of esters is 1. The van der Waals surface area contributed by atoms with E-state index in [9.17, 15) is 9.59 Å². The number of carbonyl (C=O) groups excluding carboxylic acids is 2. The fraction of sp³-hybridized carbons (Fsp3) is 0.167. The van der Waals surface area contributed by atoms with Crippen molar-refractivity contribution in [3.63, 3.8) is 0 Å². The quantitative estimate of drug-likeness (QED) is 0.668. The van der Waals surface area contributed by atoms with Crippen LogP contribution in [0.4, 0.5) is 4.79 Å². The van der Waals surface area contributed by atoms with E-state index in [1.165, 1.54) is 0 Å². The number of amides is 1. The van der Waals surface area contributed by atoms with Crippen molar-refractivity contribution in [3.8, 4) is 0 Å². The number of hydrogen-bond donors (Lipinski definition) is 1. The number of hydrogen-bond acceptors (Lipinski definition) is 4. The van der Waals surface area contributed by atoms with Gasteiger partial charge in [0.15, 0.2) is 5.60 Å². The number of ether oxygens (including phenoxy) is 2. The minimum atomic E-state index is -0.947. The second-order valence-electron chi connectivity index (χ2n) is 6.94. The first-order valence-electron chi connectivity index (χ1n) is 9.48. The van der Waals surface area contributed by atoms with Gasteiger partial charge in [0, 0.05) is 17.5 Å². The fourth-order valence-corrected chi connectivity index (χ4v) is 3.61. The van der Waals surface area contributed by atoms with Gasteiger partial charge in [-0.2, -0.15) is 0 Å². The predicted molar refractivity (Wildman–Crippen MR) is 108 cm³/mol. The third-order valence-electron chi connectivity index (χ3n) is 5.04. The van der Waals surface area contributed by atoms with Crippen molar-refractivity contribution in [1.29, 1.82) is 0 Å². The van der Waals surface area contributed by atoms with Gasteiger partial charge in [-0.05, 0) is 5.56 Å². The molecule has 146 valence electrons. The molecule has 1 amide bonds. The van der Waals surface area contributed by atoms with Crippen molar-refractivity contribution in [3.05, 3.63) is 108 Å². The van der Waals surface area contributed by atoms with Crippen LogP contribution in [-0.2, 0) is 26.5 Å². The summed E-state index contributed by atoms with van der Waals surface area (Å²) in [5, 5.41) is 2.66. The van der Waals surface area contributed by atoms with Gasteiger partial charge in [-0.3, -0.25) is 0 Å². The Labute approximate surface area is 169 Å². The molecule has 1 fully saturated rings. The van der Waals surface area contributed by atoms with Crippen LogP contribution in [-0.4, -0.2) is 18.1 Å². The van der Waals surface area contributed by atoms with E-state index in [2.05, 4.69) is 5.32 Å². The molecule has 29 heavy (non-hydrogen) atoms. The monoisotopic (exact) mass is 387 g/mol. The van der Waals surface area contributed by atoms with Crippen LogP contribution in [0.5, 0.6) is 0 Å². The second-order valence-corrected chi connectivity index (χ2v) is 6.94. The molecule has 0 radical (unpaired) electrons. The molecule has 4 rings (SSSR count). The van der Waals surface area contributed by atoms with Gasteiger partial charge in [-0.25, -0.2) is 9.59 Å². The van der Waals surface area contributed by atoms with Gasteiger partial charge < -0.3 is 14.8 Å². The molecule has 0 spiro atoms. The summed E-state index contributed by atoms with van der Waals surface area (Å²) in [6.45, 7) is 0.136. The fourth-order valence-electron chi connectivity index (χ4n) is 3.61. The summed E-state index contributed by atoms with van der Waals surface area (Å²) in [4.78, 5) is 24.9. The molecule has 1 saturated heterocycles. The summed E-state index contributed by atoms with van der Waals surface area (Å²) < 4.78 is 11.1. The Morgan fingerprint density at radius 2 is 1.41 bits per heavy atom. The normalized spacial score (nSPS) is 17.4. The number of alkyl carbamates (subject to hydrolysis) is 1. The van der Waals surface area contributed by atoms with Crippen LogP contribution in [0.3, 0.4) is 0 Å². The SMILES string of the molecule is O=C(N[C@@H]1CC(c2ccccc2)(c2ccccc2)OC1=O)OCc1ccccc1. The number of nitrogens with one attached hydrogen (secondary N) is 1. The number of cyclic esters (lactones) is 1. The smallest absolute Gasteiger partial charge is 0.408 e. The number of rotatable bonds is 5. The summed E-state index contributed by atoms with van der Waals surface area (Å²) in [7, 11) is 0. The maximum atomic E-state index is 12.7. The summed E-state index contributed by atoms with van der Waals surface area (Å²) in [6, 6.07) is 27.7. The van der Waals surface area contributed by atoms with Crippen LogP contribution in [0.1, 0.15) is 23.1 Å². The maximum Gasteiger partial charge on any atom is 0.408 e. The Balaban J connectivity index is 1.52. The standard InChI is InChI=1S/C24H21NO4/c26-22-21(25-23(27)28-17-18-10-4-1-5-11-18)16-24(29-22,19-12-6-2-7-13-19)20-14-8-3-9-15-20/h1-15,21H,16-17H2,(H,25,27)/t21-/m1/s1. The molecule has 3 aromatic rings. The molecular formula is C24H21NO4. The molecule has 5 heteroatoms. The Morgan fingerprint density at radius 1 is 0.897 bits per heavy atom. The third-order valence-corrected chi connectivity index (χ3v) is 5.04. The molecule has 0 unspecified atom stereocenters. The molecule has 1 atom stereocenters. The van der Waals surface area contributed by atoms with Gasteiger partial charge in [0.25, 0.3) is 0 Å². The topological polar surface area (TPSA) is 64.6 Å². The Bertz CT molecular complexity index is 934. The number of benzene rings is 3. The Hall–Kier alpha value is -3.60. The highest BCUT2D eigenvalue weighted by molar-refractivity contribution is 5.84. The summed E-state index contributed by atoms with van der Waals surface area (Å²) in [5.41, 5.74) is 1.65. The van der Waals surface area contributed by atoms with Gasteiger partial charge >= 0.3 is 12.1 Å². The minimum absolute atomic E-state index is 0.136. The van der Waals surface area contributed by atoms with Crippen LogP contribution >= 0.6 is 0 Å². The summed E-state index contributed by atoms with van der Waals surface area (Å²) in [5.74, 6) is -0.477. The van der Waals surface area contributed by atoms with Crippen LogP contribution in [0.15, 0.2) is 91.0 Å². The molecule has 0 aromatic heterocycles. The van der Waals surface area contributed by atoms with Gasteiger partial charge in [0.1, 0.15) is 12.6 Å². The summed E-state index contributed by atoms with van der Waals surface area (Å²) in [6.07, 6.45) is -0.354. The molecule has 1 aliphatic rings. The van der Waals surface area contributed by atoms with E-state index < -0.39 is 23.7 Å². The lowest BCUT2D eigenvalue weighted by Crippen LogP contribution is -2.38. The highest BCUT2D eigenvalue weighted by atomic mass is 16.6. The van der Waals surface area contributed by atoms with E-state index in [4.69, 9.17) is 9.47 Å². The first kappa shape index (κ1) is 18.7. The van der Waals surface area contributed by atoms with Crippen molar-refractivity contribution in [2.75, 3.05) is 0 Å². The highest BCUT2D eigenvalue weighted by Gasteiger charge is 2.50. The van der Waals surface area contributed by atoms with E-state index in [0.717, 1.165) is 16.7 Å². The zero-order chi connectivity index (χ0) is 20.1. The minimum Gasteiger partial charge on any atom is -0.448 e. The molecule has 1 heterocycles. The lowest BCUT2D eigenvalue weighted by molar-refractivity contribution is -0.147. The van der Waals surface area contributed by atoms with Crippen molar-refractivity contribution < 1.29 is 19.1 Å². The lowest BCUT2D eigenvalue weighted by atomic mass is 9.83. The molecule has 0 bridgehead atoms. The zero-order valence-corrected chi connectivity index (χ0v) is 15.8. The third kappa shape index (κ3) is 3.99. The van der Waals surface area contributed by atoms with Crippen molar-refractivity contribution in [1.82, 2.24) is 5.32 Å². The predicted octanol–water partition coefficient (Wildman–Crippen LogP) is 4.17. The molecule has 0 aliphatic carbocycles.